The van der Waals surface area contributed by atoms with Crippen molar-refractivity contribution in [3.8, 4) is 0 Å². The van der Waals surface area contributed by atoms with Gasteiger partial charge < -0.3 is 4.74 Å². The van der Waals surface area contributed by atoms with Crippen LogP contribution in [0.4, 0.5) is 0 Å². The zero-order valence-electron chi connectivity index (χ0n) is 6.11. The van der Waals surface area contributed by atoms with E-state index in [-0.39, 0.29) is 0 Å². The summed E-state index contributed by atoms with van der Waals surface area (Å²) in [5.74, 6) is 0.604. The largest absolute Gasteiger partial charge is 0.376 e. The zero-order chi connectivity index (χ0) is 7.23. The van der Waals surface area contributed by atoms with Crippen molar-refractivity contribution in [3.63, 3.8) is 0 Å². The van der Waals surface area contributed by atoms with Crippen molar-refractivity contribution in [2.24, 2.45) is 0 Å². The zero-order valence-corrected chi connectivity index (χ0v) is 6.86. The van der Waals surface area contributed by atoms with Gasteiger partial charge in [0.15, 0.2) is 0 Å². The van der Waals surface area contributed by atoms with Crippen LogP contribution in [0.5, 0.6) is 0 Å². The van der Waals surface area contributed by atoms with E-state index in [1.54, 1.807) is 0 Å². The second-order valence-electron chi connectivity index (χ2n) is 2.50. The van der Waals surface area contributed by atoms with Gasteiger partial charge >= 0.3 is 0 Å². The first-order valence-corrected chi connectivity index (χ1v) is 4.28. The second kappa shape index (κ2) is 4.75. The molecule has 0 N–H and O–H groups in total. The minimum atomic E-state index is 0.604. The number of halogens is 1. The van der Waals surface area contributed by atoms with Crippen LogP contribution in [0, 0.1) is 0 Å². The Kier molecular flexibility index (Phi) is 3.84. The molecule has 0 fully saturated rings. The molecular formula is C8H13ClO. The van der Waals surface area contributed by atoms with Crippen molar-refractivity contribution < 1.29 is 4.74 Å². The summed E-state index contributed by atoms with van der Waals surface area (Å²) in [7, 11) is 0. The third kappa shape index (κ3) is 2.72. The monoisotopic (exact) mass is 160 g/mol. The van der Waals surface area contributed by atoms with Gasteiger partial charge in [-0.15, -0.1) is 11.6 Å². The van der Waals surface area contributed by atoms with E-state index in [1.807, 2.05) is 0 Å². The number of rotatable bonds is 4. The molecule has 0 aromatic carbocycles. The topological polar surface area (TPSA) is 9.23 Å². The molecular weight excluding hydrogens is 148 g/mol. The van der Waals surface area contributed by atoms with E-state index < -0.39 is 0 Å². The van der Waals surface area contributed by atoms with Gasteiger partial charge in [-0.25, -0.2) is 0 Å². The van der Waals surface area contributed by atoms with Crippen molar-refractivity contribution >= 4 is 11.6 Å². The molecule has 10 heavy (non-hydrogen) atoms. The quantitative estimate of drug-likeness (QED) is 0.349. The van der Waals surface area contributed by atoms with Crippen molar-refractivity contribution in [1.82, 2.24) is 0 Å². The summed E-state index contributed by atoms with van der Waals surface area (Å²) in [5.41, 5.74) is 1.45. The van der Waals surface area contributed by atoms with Gasteiger partial charge in [0.2, 0.25) is 0 Å². The summed E-state index contributed by atoms with van der Waals surface area (Å²) in [6.45, 7) is 1.48. The second-order valence-corrected chi connectivity index (χ2v) is 2.87. The lowest BCUT2D eigenvalue weighted by Gasteiger charge is -2.00. The molecule has 0 unspecified atom stereocenters. The fourth-order valence-corrected chi connectivity index (χ4v) is 1.24. The number of allylic oxidation sites excluding steroid dienone is 1. The molecule has 0 amide bonds. The number of hydrogen-bond acceptors (Lipinski definition) is 1. The van der Waals surface area contributed by atoms with Crippen LogP contribution >= 0.6 is 11.6 Å². The van der Waals surface area contributed by atoms with Crippen LogP contribution in [0.1, 0.15) is 19.3 Å². The van der Waals surface area contributed by atoms with Crippen LogP contribution in [0.2, 0.25) is 0 Å². The maximum absolute atomic E-state index is 5.44. The maximum Gasteiger partial charge on any atom is 0.0677 e. The predicted octanol–water partition coefficient (Wildman–Crippen LogP) is 2.35. The molecule has 0 aromatic rings. The van der Waals surface area contributed by atoms with Gasteiger partial charge in [-0.05, 0) is 24.8 Å². The van der Waals surface area contributed by atoms with Crippen LogP contribution in [-0.2, 0) is 4.74 Å². The van der Waals surface area contributed by atoms with E-state index in [1.165, 1.54) is 24.8 Å². The Morgan fingerprint density at radius 3 is 3.10 bits per heavy atom. The van der Waals surface area contributed by atoms with Gasteiger partial charge in [0.25, 0.3) is 0 Å². The summed E-state index contributed by atoms with van der Waals surface area (Å²) in [5, 5.41) is 0. The van der Waals surface area contributed by atoms with Crippen molar-refractivity contribution in [3.05, 3.63) is 11.6 Å². The molecule has 0 saturated heterocycles. The van der Waals surface area contributed by atoms with Crippen LogP contribution in [-0.4, -0.2) is 19.1 Å². The lowest BCUT2D eigenvalue weighted by Crippen LogP contribution is -1.98. The molecule has 0 bridgehead atoms. The van der Waals surface area contributed by atoms with Gasteiger partial charge in [0.1, 0.15) is 0 Å². The molecule has 1 nitrogen and oxygen atoms in total. The lowest BCUT2D eigenvalue weighted by molar-refractivity contribution is 0.171. The lowest BCUT2D eigenvalue weighted by atomic mass is 10.2. The maximum atomic E-state index is 5.44. The first-order valence-electron chi connectivity index (χ1n) is 3.75. The van der Waals surface area contributed by atoms with Crippen molar-refractivity contribution in [1.29, 1.82) is 0 Å². The Morgan fingerprint density at radius 1 is 1.60 bits per heavy atom. The molecule has 0 spiro atoms. The Labute approximate surface area is 67.0 Å². The number of hydrogen-bond donors (Lipinski definition) is 0. The van der Waals surface area contributed by atoms with Gasteiger partial charge in [-0.3, -0.25) is 0 Å². The molecule has 0 aliphatic heterocycles. The highest BCUT2D eigenvalue weighted by Crippen LogP contribution is 2.17. The standard InChI is InChI=1S/C8H13ClO/c9-5-6-10-7-8-3-1-2-4-8/h3H,1-2,4-7H2. The smallest absolute Gasteiger partial charge is 0.0677 e. The van der Waals surface area contributed by atoms with Crippen molar-refractivity contribution in [2.75, 3.05) is 19.1 Å². The average Bonchev–Trinajstić information content (AvgIpc) is 2.41. The third-order valence-electron chi connectivity index (χ3n) is 1.64. The van der Waals surface area contributed by atoms with Crippen LogP contribution in [0.3, 0.4) is 0 Å². The molecule has 0 atom stereocenters. The fraction of sp³-hybridized carbons (Fsp3) is 0.750. The molecule has 1 rings (SSSR count). The molecule has 58 valence electrons. The Morgan fingerprint density at radius 2 is 2.50 bits per heavy atom. The predicted molar refractivity (Wildman–Crippen MR) is 43.5 cm³/mol. The van der Waals surface area contributed by atoms with Crippen LogP contribution in [0.25, 0.3) is 0 Å². The van der Waals surface area contributed by atoms with E-state index in [0.29, 0.717) is 12.5 Å². The summed E-state index contributed by atoms with van der Waals surface area (Å²) >= 11 is 5.44. The Balaban J connectivity index is 2.01. The van der Waals surface area contributed by atoms with E-state index in [2.05, 4.69) is 6.08 Å². The molecule has 1 aliphatic rings. The normalized spacial score (nSPS) is 17.5. The highest BCUT2D eigenvalue weighted by Gasteiger charge is 2.02. The Bertz CT molecular complexity index is 120. The molecule has 2 heteroatoms. The third-order valence-corrected chi connectivity index (χ3v) is 1.80. The van der Waals surface area contributed by atoms with E-state index in [9.17, 15) is 0 Å². The number of ether oxygens (including phenoxy) is 1. The van der Waals surface area contributed by atoms with Crippen molar-refractivity contribution in [2.45, 2.75) is 19.3 Å². The van der Waals surface area contributed by atoms with Crippen LogP contribution in [0.15, 0.2) is 11.6 Å². The highest BCUT2D eigenvalue weighted by molar-refractivity contribution is 6.17. The molecule has 0 saturated carbocycles. The minimum Gasteiger partial charge on any atom is -0.376 e. The molecule has 0 radical (unpaired) electrons. The van der Waals surface area contributed by atoms with Crippen LogP contribution < -0.4 is 0 Å². The Hall–Kier alpha value is -0.0100. The van der Waals surface area contributed by atoms with E-state index in [4.69, 9.17) is 16.3 Å². The first-order chi connectivity index (χ1) is 4.93. The molecule has 0 aromatic heterocycles. The summed E-state index contributed by atoms with van der Waals surface area (Å²) in [6.07, 6.45) is 6.04. The highest BCUT2D eigenvalue weighted by atomic mass is 35.5. The summed E-state index contributed by atoms with van der Waals surface area (Å²) < 4.78 is 5.27. The van der Waals surface area contributed by atoms with E-state index in [0.717, 1.165) is 6.61 Å². The first kappa shape index (κ1) is 8.09. The number of alkyl halides is 1. The van der Waals surface area contributed by atoms with Gasteiger partial charge in [-0.2, -0.15) is 0 Å². The summed E-state index contributed by atoms with van der Waals surface area (Å²) in [4.78, 5) is 0. The van der Waals surface area contributed by atoms with E-state index >= 15 is 0 Å². The average molecular weight is 161 g/mol. The van der Waals surface area contributed by atoms with Gasteiger partial charge in [-0.1, -0.05) is 6.08 Å². The SMILES string of the molecule is ClCCOCC1=CCCC1. The van der Waals surface area contributed by atoms with Gasteiger partial charge in [0.05, 0.1) is 13.2 Å². The minimum absolute atomic E-state index is 0.604. The summed E-state index contributed by atoms with van der Waals surface area (Å²) in [6, 6.07) is 0. The molecule has 0 heterocycles. The van der Waals surface area contributed by atoms with Gasteiger partial charge in [0, 0.05) is 5.88 Å². The molecule has 1 aliphatic carbocycles. The fourth-order valence-electron chi connectivity index (χ4n) is 1.13.